The molecule has 0 atom stereocenters. The van der Waals surface area contributed by atoms with Gasteiger partial charge < -0.3 is 10.1 Å². The van der Waals surface area contributed by atoms with Crippen LogP contribution in [-0.4, -0.2) is 44.1 Å². The zero-order valence-electron chi connectivity index (χ0n) is 11.5. The molecule has 18 heavy (non-hydrogen) atoms. The number of hydrogen-bond donors (Lipinski definition) is 1. The Hall–Kier alpha value is -0.710. The summed E-state index contributed by atoms with van der Waals surface area (Å²) >= 11 is 1.87. The molecule has 4 heteroatoms. The Kier molecular flexibility index (Phi) is 4.92. The van der Waals surface area contributed by atoms with Crippen LogP contribution in [0.15, 0.2) is 17.0 Å². The van der Waals surface area contributed by atoms with E-state index < -0.39 is 0 Å². The maximum atomic E-state index is 5.47. The van der Waals surface area contributed by atoms with E-state index in [-0.39, 0.29) is 0 Å². The van der Waals surface area contributed by atoms with Crippen LogP contribution >= 0.6 is 11.8 Å². The zero-order chi connectivity index (χ0) is 13.0. The van der Waals surface area contributed by atoms with Gasteiger partial charge in [0.2, 0.25) is 0 Å². The average Bonchev–Trinajstić information content (AvgIpc) is 2.41. The van der Waals surface area contributed by atoms with Crippen molar-refractivity contribution >= 4 is 11.8 Å². The van der Waals surface area contributed by atoms with Crippen LogP contribution in [0.3, 0.4) is 0 Å². The van der Waals surface area contributed by atoms with Crippen LogP contribution in [0.25, 0.3) is 0 Å². The van der Waals surface area contributed by atoms with Crippen LogP contribution in [-0.2, 0) is 0 Å². The number of methoxy groups -OCH3 is 1. The van der Waals surface area contributed by atoms with Gasteiger partial charge in [-0.25, -0.2) is 0 Å². The first-order valence-corrected chi connectivity index (χ1v) is 7.40. The molecule has 1 aliphatic rings. The summed E-state index contributed by atoms with van der Waals surface area (Å²) < 4.78 is 5.47. The minimum Gasteiger partial charge on any atom is -0.496 e. The number of rotatable bonds is 4. The Morgan fingerprint density at radius 3 is 2.56 bits per heavy atom. The normalized spacial score (nSPS) is 16.8. The molecule has 1 fully saturated rings. The van der Waals surface area contributed by atoms with E-state index in [1.54, 1.807) is 7.11 Å². The van der Waals surface area contributed by atoms with Gasteiger partial charge in [-0.2, -0.15) is 0 Å². The lowest BCUT2D eigenvalue weighted by Crippen LogP contribution is -2.43. The Labute approximate surface area is 114 Å². The van der Waals surface area contributed by atoms with Crippen LogP contribution in [0.1, 0.15) is 11.1 Å². The van der Waals surface area contributed by atoms with E-state index in [2.05, 4.69) is 36.2 Å². The first-order chi connectivity index (χ1) is 8.70. The summed E-state index contributed by atoms with van der Waals surface area (Å²) in [7, 11) is 1.75. The van der Waals surface area contributed by atoms with Gasteiger partial charge in [0, 0.05) is 32.1 Å². The van der Waals surface area contributed by atoms with Crippen molar-refractivity contribution in [2.75, 3.05) is 39.2 Å². The first-order valence-electron chi connectivity index (χ1n) is 6.42. The number of thioether (sulfide) groups is 1. The van der Waals surface area contributed by atoms with Crippen LogP contribution in [0.2, 0.25) is 0 Å². The van der Waals surface area contributed by atoms with E-state index in [1.165, 1.54) is 16.0 Å². The number of aryl methyl sites for hydroxylation is 2. The molecule has 0 spiro atoms. The molecule has 1 aromatic rings. The zero-order valence-corrected chi connectivity index (χ0v) is 12.3. The van der Waals surface area contributed by atoms with Crippen LogP contribution < -0.4 is 10.1 Å². The second kappa shape index (κ2) is 6.45. The van der Waals surface area contributed by atoms with E-state index in [9.17, 15) is 0 Å². The second-order valence-electron chi connectivity index (χ2n) is 4.73. The molecule has 3 nitrogen and oxygen atoms in total. The lowest BCUT2D eigenvalue weighted by atomic mass is 10.1. The summed E-state index contributed by atoms with van der Waals surface area (Å²) in [6.45, 7) is 8.77. The Balaban J connectivity index is 2.01. The molecule has 100 valence electrons. The first kappa shape index (κ1) is 13.7. The van der Waals surface area contributed by atoms with Gasteiger partial charge in [-0.3, -0.25) is 4.90 Å². The summed E-state index contributed by atoms with van der Waals surface area (Å²) in [6, 6.07) is 4.37. The van der Waals surface area contributed by atoms with Gasteiger partial charge in [0.1, 0.15) is 5.75 Å². The summed E-state index contributed by atoms with van der Waals surface area (Å²) in [5.41, 5.74) is 2.62. The molecule has 1 aromatic carbocycles. The third-order valence-corrected chi connectivity index (χ3v) is 4.52. The Morgan fingerprint density at radius 1 is 1.22 bits per heavy atom. The smallest absolute Gasteiger partial charge is 0.132 e. The maximum absolute atomic E-state index is 5.47. The van der Waals surface area contributed by atoms with Gasteiger partial charge in [-0.1, -0.05) is 0 Å². The number of piperazine rings is 1. The highest BCUT2D eigenvalue weighted by atomic mass is 32.2. The number of benzene rings is 1. The van der Waals surface area contributed by atoms with Crippen molar-refractivity contribution in [3.8, 4) is 5.75 Å². The number of nitrogens with one attached hydrogen (secondary N) is 1. The van der Waals surface area contributed by atoms with Crippen molar-refractivity contribution in [1.29, 1.82) is 0 Å². The third-order valence-electron chi connectivity index (χ3n) is 3.39. The van der Waals surface area contributed by atoms with Crippen molar-refractivity contribution in [3.63, 3.8) is 0 Å². The minimum absolute atomic E-state index is 0.998. The van der Waals surface area contributed by atoms with E-state index in [1.807, 2.05) is 11.8 Å². The van der Waals surface area contributed by atoms with Crippen molar-refractivity contribution in [2.45, 2.75) is 18.7 Å². The molecule has 0 unspecified atom stereocenters. The van der Waals surface area contributed by atoms with Gasteiger partial charge in [0.15, 0.2) is 0 Å². The lowest BCUT2D eigenvalue weighted by Gasteiger charge is -2.27. The molecule has 0 bridgehead atoms. The third kappa shape index (κ3) is 3.40. The second-order valence-corrected chi connectivity index (χ2v) is 5.72. The van der Waals surface area contributed by atoms with Crippen molar-refractivity contribution in [1.82, 2.24) is 10.2 Å². The molecule has 1 N–H and O–H groups in total. The summed E-state index contributed by atoms with van der Waals surface area (Å²) in [5, 5.41) is 3.38. The molecule has 0 saturated carbocycles. The highest BCUT2D eigenvalue weighted by molar-refractivity contribution is 7.99. The summed E-state index contributed by atoms with van der Waals surface area (Å²) in [5.74, 6) is 2.04. The van der Waals surface area contributed by atoms with Crippen molar-refractivity contribution in [2.24, 2.45) is 0 Å². The number of hydrogen-bond acceptors (Lipinski definition) is 4. The van der Waals surface area contributed by atoms with E-state index in [4.69, 9.17) is 4.74 Å². The predicted octanol–water partition coefficient (Wildman–Crippen LogP) is 2.27. The molecule has 1 heterocycles. The molecular formula is C14H22N2OS. The molecule has 0 aliphatic carbocycles. The van der Waals surface area contributed by atoms with Gasteiger partial charge in [-0.05, 0) is 37.1 Å². The molecule has 0 radical (unpaired) electrons. The van der Waals surface area contributed by atoms with Gasteiger partial charge in [-0.15, -0.1) is 11.8 Å². The largest absolute Gasteiger partial charge is 0.496 e. The molecule has 0 amide bonds. The quantitative estimate of drug-likeness (QED) is 0.845. The Bertz CT molecular complexity index is 403. The van der Waals surface area contributed by atoms with Crippen LogP contribution in [0.5, 0.6) is 5.75 Å². The number of nitrogens with zero attached hydrogens (tertiary/aromatic N) is 1. The summed E-state index contributed by atoms with van der Waals surface area (Å²) in [6.07, 6.45) is 0. The fourth-order valence-electron chi connectivity index (χ4n) is 2.04. The highest BCUT2D eigenvalue weighted by Crippen LogP contribution is 2.32. The fraction of sp³-hybridized carbons (Fsp3) is 0.571. The standard InChI is InChI=1S/C14H22N2OS/c1-11-8-13(17-3)14(9-12(11)2)18-10-16-6-4-15-5-7-16/h8-9,15H,4-7,10H2,1-3H3. The van der Waals surface area contributed by atoms with Gasteiger partial charge in [0.25, 0.3) is 0 Å². The molecule has 1 aliphatic heterocycles. The predicted molar refractivity (Wildman–Crippen MR) is 77.6 cm³/mol. The van der Waals surface area contributed by atoms with E-state index in [0.29, 0.717) is 0 Å². The monoisotopic (exact) mass is 266 g/mol. The topological polar surface area (TPSA) is 24.5 Å². The van der Waals surface area contributed by atoms with Gasteiger partial charge in [0.05, 0.1) is 12.0 Å². The molecule has 1 saturated heterocycles. The molecule has 2 rings (SSSR count). The SMILES string of the molecule is COc1cc(C)c(C)cc1SCN1CCNCC1. The van der Waals surface area contributed by atoms with E-state index >= 15 is 0 Å². The Morgan fingerprint density at radius 2 is 1.89 bits per heavy atom. The van der Waals surface area contributed by atoms with Crippen molar-refractivity contribution < 1.29 is 4.74 Å². The number of ether oxygens (including phenoxy) is 1. The van der Waals surface area contributed by atoms with Crippen LogP contribution in [0, 0.1) is 13.8 Å². The minimum atomic E-state index is 0.998. The lowest BCUT2D eigenvalue weighted by molar-refractivity contribution is 0.280. The fourth-order valence-corrected chi connectivity index (χ4v) is 3.16. The summed E-state index contributed by atoms with van der Waals surface area (Å²) in [4.78, 5) is 3.73. The molecule has 0 aromatic heterocycles. The van der Waals surface area contributed by atoms with Crippen molar-refractivity contribution in [3.05, 3.63) is 23.3 Å². The highest BCUT2D eigenvalue weighted by Gasteiger charge is 2.12. The maximum Gasteiger partial charge on any atom is 0.132 e. The molecular weight excluding hydrogens is 244 g/mol. The van der Waals surface area contributed by atoms with E-state index in [0.717, 1.165) is 37.8 Å². The average molecular weight is 266 g/mol. The van der Waals surface area contributed by atoms with Crippen LogP contribution in [0.4, 0.5) is 0 Å². The van der Waals surface area contributed by atoms with Gasteiger partial charge >= 0.3 is 0 Å².